The van der Waals surface area contributed by atoms with Gasteiger partial charge in [-0.15, -0.1) is 0 Å². The first-order valence-electron chi connectivity index (χ1n) is 11.1. The molecule has 0 unspecified atom stereocenters. The van der Waals surface area contributed by atoms with Gasteiger partial charge in [-0.3, -0.25) is 5.32 Å². The maximum atomic E-state index is 12.8. The number of amides is 1. The van der Waals surface area contributed by atoms with E-state index < -0.39 is 6.09 Å². The van der Waals surface area contributed by atoms with Crippen LogP contribution in [-0.2, 0) is 16.0 Å². The number of nitrogens with two attached hydrogens (primary N) is 1. The molecule has 1 amide bonds. The number of nitrogens with one attached hydrogen (secondary N) is 1. The van der Waals surface area contributed by atoms with Gasteiger partial charge in [-0.05, 0) is 31.4 Å². The van der Waals surface area contributed by atoms with Crippen LogP contribution in [0.4, 0.5) is 28.2 Å². The van der Waals surface area contributed by atoms with Crippen LogP contribution in [0, 0.1) is 13.8 Å². The normalized spacial score (nSPS) is 15.2. The van der Waals surface area contributed by atoms with Crippen molar-refractivity contribution in [1.82, 2.24) is 19.9 Å². The number of fused-ring (bicyclic) bond motifs is 1. The number of aromatic nitrogens is 4. The zero-order valence-corrected chi connectivity index (χ0v) is 19.1. The molecule has 176 valence electrons. The second-order valence-corrected chi connectivity index (χ2v) is 8.23. The molecule has 0 spiro atoms. The molecule has 0 aliphatic carbocycles. The van der Waals surface area contributed by atoms with Gasteiger partial charge >= 0.3 is 6.09 Å². The summed E-state index contributed by atoms with van der Waals surface area (Å²) in [5, 5.41) is 4.38. The highest BCUT2D eigenvalue weighted by atomic mass is 16.7. The van der Waals surface area contributed by atoms with E-state index in [9.17, 15) is 4.79 Å². The maximum Gasteiger partial charge on any atom is 0.436 e. The standard InChI is InChI=1S/C23H26N8O3/c1-14-4-3-5-15(2)18(14)28-23(32)34-31-7-6-17-19(16-12-25-21(24)26-13-16)27-22(29-20(17)31)30-8-10-33-11-9-30/h3-5,12-13H,6-11H2,1-2H3,(H,28,32)(H2,24,25,26). The van der Waals surface area contributed by atoms with E-state index in [2.05, 4.69) is 20.2 Å². The number of nitrogen functional groups attached to an aromatic ring is 1. The van der Waals surface area contributed by atoms with Crippen LogP contribution in [0.1, 0.15) is 16.7 Å². The minimum atomic E-state index is -0.575. The van der Waals surface area contributed by atoms with E-state index in [1.165, 1.54) is 5.06 Å². The van der Waals surface area contributed by atoms with Crippen molar-refractivity contribution in [2.45, 2.75) is 20.3 Å². The molecule has 4 heterocycles. The van der Waals surface area contributed by atoms with Crippen molar-refractivity contribution in [3.8, 4) is 11.3 Å². The summed E-state index contributed by atoms with van der Waals surface area (Å²) in [6.45, 7) is 6.87. The van der Waals surface area contributed by atoms with Gasteiger partial charge in [0.25, 0.3) is 0 Å². The van der Waals surface area contributed by atoms with Crippen LogP contribution >= 0.6 is 0 Å². The number of hydrogen-bond donors (Lipinski definition) is 2. The Balaban J connectivity index is 1.46. The van der Waals surface area contributed by atoms with Gasteiger partial charge in [0.2, 0.25) is 11.9 Å². The maximum absolute atomic E-state index is 12.8. The second-order valence-electron chi connectivity index (χ2n) is 8.23. The summed E-state index contributed by atoms with van der Waals surface area (Å²) in [6, 6.07) is 5.83. The van der Waals surface area contributed by atoms with E-state index in [0.29, 0.717) is 56.7 Å². The highest BCUT2D eigenvalue weighted by Gasteiger charge is 2.31. The van der Waals surface area contributed by atoms with E-state index in [-0.39, 0.29) is 5.95 Å². The van der Waals surface area contributed by atoms with Crippen LogP contribution in [0.3, 0.4) is 0 Å². The lowest BCUT2D eigenvalue weighted by molar-refractivity contribution is 0.122. The summed E-state index contributed by atoms with van der Waals surface area (Å²) in [4.78, 5) is 38.4. The van der Waals surface area contributed by atoms with Crippen LogP contribution in [0.15, 0.2) is 30.6 Å². The Morgan fingerprint density at radius 3 is 2.50 bits per heavy atom. The van der Waals surface area contributed by atoms with Gasteiger partial charge < -0.3 is 20.2 Å². The number of anilines is 4. The Morgan fingerprint density at radius 1 is 1.09 bits per heavy atom. The summed E-state index contributed by atoms with van der Waals surface area (Å²) >= 11 is 0. The molecule has 0 saturated carbocycles. The highest BCUT2D eigenvalue weighted by molar-refractivity contribution is 5.87. The van der Waals surface area contributed by atoms with Gasteiger partial charge in [-0.25, -0.2) is 19.7 Å². The monoisotopic (exact) mass is 462 g/mol. The van der Waals surface area contributed by atoms with Gasteiger partial charge in [-0.2, -0.15) is 10.0 Å². The fourth-order valence-electron chi connectivity index (χ4n) is 4.15. The number of ether oxygens (including phenoxy) is 1. The first-order valence-corrected chi connectivity index (χ1v) is 11.1. The van der Waals surface area contributed by atoms with E-state index in [0.717, 1.165) is 27.9 Å². The van der Waals surface area contributed by atoms with Gasteiger partial charge in [0, 0.05) is 42.3 Å². The fourth-order valence-corrected chi connectivity index (χ4v) is 4.15. The predicted molar refractivity (Wildman–Crippen MR) is 128 cm³/mol. The quantitative estimate of drug-likeness (QED) is 0.596. The average molecular weight is 463 g/mol. The Morgan fingerprint density at radius 2 is 1.79 bits per heavy atom. The number of carbonyl (C=O) groups is 1. The summed E-state index contributed by atoms with van der Waals surface area (Å²) in [6.07, 6.45) is 3.32. The molecule has 1 fully saturated rings. The Hall–Kier alpha value is -3.99. The van der Waals surface area contributed by atoms with Gasteiger partial charge in [0.15, 0.2) is 5.82 Å². The molecule has 11 nitrogen and oxygen atoms in total. The molecule has 11 heteroatoms. The highest BCUT2D eigenvalue weighted by Crippen LogP contribution is 2.35. The van der Waals surface area contributed by atoms with Crippen LogP contribution < -0.4 is 21.0 Å². The molecule has 0 atom stereocenters. The molecule has 2 aliphatic rings. The van der Waals surface area contributed by atoms with Gasteiger partial charge in [-0.1, -0.05) is 18.2 Å². The van der Waals surface area contributed by atoms with Gasteiger partial charge in [0.1, 0.15) is 0 Å². The van der Waals surface area contributed by atoms with E-state index >= 15 is 0 Å². The predicted octanol–water partition coefficient (Wildman–Crippen LogP) is 2.50. The smallest absolute Gasteiger partial charge is 0.378 e. The van der Waals surface area contributed by atoms with Crippen LogP contribution in [0.5, 0.6) is 0 Å². The fraction of sp³-hybridized carbons (Fsp3) is 0.348. The molecular weight excluding hydrogens is 436 g/mol. The largest absolute Gasteiger partial charge is 0.436 e. The molecule has 1 aromatic carbocycles. The van der Waals surface area contributed by atoms with E-state index in [1.807, 2.05) is 32.0 Å². The molecule has 2 aliphatic heterocycles. The SMILES string of the molecule is Cc1cccc(C)c1NC(=O)ON1CCc2c(-c3cnc(N)nc3)nc(N3CCOCC3)nc21. The van der Waals surface area contributed by atoms with Crippen LogP contribution in [0.25, 0.3) is 11.3 Å². The van der Waals surface area contributed by atoms with Gasteiger partial charge in [0.05, 0.1) is 25.5 Å². The summed E-state index contributed by atoms with van der Waals surface area (Å²) in [7, 11) is 0. The topological polar surface area (TPSA) is 132 Å². The zero-order chi connectivity index (χ0) is 23.7. The second kappa shape index (κ2) is 9.10. The first kappa shape index (κ1) is 21.8. The number of aryl methyl sites for hydroxylation is 2. The molecule has 0 radical (unpaired) electrons. The number of carbonyl (C=O) groups excluding carboxylic acids is 1. The Labute approximate surface area is 196 Å². The lowest BCUT2D eigenvalue weighted by atomic mass is 10.1. The molecule has 3 N–H and O–H groups in total. The molecular formula is C23H26N8O3. The molecule has 0 bridgehead atoms. The Bertz CT molecular complexity index is 1190. The van der Waals surface area contributed by atoms with Crippen molar-refractivity contribution < 1.29 is 14.4 Å². The third-order valence-corrected chi connectivity index (χ3v) is 5.92. The third-order valence-electron chi connectivity index (χ3n) is 5.92. The third kappa shape index (κ3) is 4.29. The zero-order valence-electron chi connectivity index (χ0n) is 19.1. The molecule has 1 saturated heterocycles. The van der Waals surface area contributed by atoms with E-state index in [4.69, 9.17) is 25.3 Å². The first-order chi connectivity index (χ1) is 16.5. The van der Waals surface area contributed by atoms with Crippen LogP contribution in [-0.4, -0.2) is 58.9 Å². The lowest BCUT2D eigenvalue weighted by Crippen LogP contribution is -2.37. The number of para-hydroxylation sites is 1. The molecule has 5 rings (SSSR count). The average Bonchev–Trinajstić information content (AvgIpc) is 3.24. The van der Waals surface area contributed by atoms with Crippen molar-refractivity contribution in [1.29, 1.82) is 0 Å². The number of hydroxylamine groups is 1. The van der Waals surface area contributed by atoms with Crippen molar-refractivity contribution in [3.05, 3.63) is 47.3 Å². The van der Waals surface area contributed by atoms with Crippen molar-refractivity contribution in [2.24, 2.45) is 0 Å². The number of rotatable bonds is 4. The minimum Gasteiger partial charge on any atom is -0.378 e. The van der Waals surface area contributed by atoms with E-state index in [1.54, 1.807) is 12.4 Å². The minimum absolute atomic E-state index is 0.191. The summed E-state index contributed by atoms with van der Waals surface area (Å²) < 4.78 is 5.47. The molecule has 34 heavy (non-hydrogen) atoms. The summed E-state index contributed by atoms with van der Waals surface area (Å²) in [5.74, 6) is 1.29. The molecule has 2 aromatic heterocycles. The number of benzene rings is 1. The lowest BCUT2D eigenvalue weighted by Gasteiger charge is -2.28. The van der Waals surface area contributed by atoms with Crippen molar-refractivity contribution in [3.63, 3.8) is 0 Å². The number of hydrogen-bond acceptors (Lipinski definition) is 10. The van der Waals surface area contributed by atoms with Crippen LogP contribution in [0.2, 0.25) is 0 Å². The summed E-state index contributed by atoms with van der Waals surface area (Å²) in [5.41, 5.74) is 10.6. The molecule has 3 aromatic rings. The number of nitrogens with zero attached hydrogens (tertiary/aromatic N) is 6. The Kier molecular flexibility index (Phi) is 5.84. The van der Waals surface area contributed by atoms with Crippen molar-refractivity contribution >= 4 is 29.5 Å². The van der Waals surface area contributed by atoms with Crippen molar-refractivity contribution in [2.75, 3.05) is 53.9 Å². The number of morpholine rings is 1.